The van der Waals surface area contributed by atoms with E-state index in [-0.39, 0.29) is 22.5 Å². The van der Waals surface area contributed by atoms with Crippen LogP contribution < -0.4 is 5.32 Å². The Kier molecular flexibility index (Phi) is 6.60. The number of nitrogens with one attached hydrogen (secondary N) is 2. The van der Waals surface area contributed by atoms with Crippen LogP contribution in [0.15, 0.2) is 47.2 Å². The van der Waals surface area contributed by atoms with Crippen molar-refractivity contribution in [2.24, 2.45) is 0 Å². The van der Waals surface area contributed by atoms with Gasteiger partial charge in [-0.15, -0.1) is 0 Å². The van der Waals surface area contributed by atoms with Crippen molar-refractivity contribution in [3.05, 3.63) is 75.1 Å². The van der Waals surface area contributed by atoms with E-state index in [2.05, 4.69) is 31.2 Å². The molecule has 31 heavy (non-hydrogen) atoms. The minimum atomic E-state index is -0.880. The average molecular weight is 508 g/mol. The summed E-state index contributed by atoms with van der Waals surface area (Å²) >= 11 is 9.23. The van der Waals surface area contributed by atoms with Crippen LogP contribution in [0, 0.1) is 17.0 Å². The molecule has 5 nitrogen and oxygen atoms in total. The number of allylic oxidation sites excluding steroid dienone is 1. The Balaban J connectivity index is 1.77. The molecule has 1 aliphatic heterocycles. The number of nitrogens with zero attached hydrogens (tertiary/aromatic N) is 2. The molecule has 2 aromatic heterocycles. The number of pyridine rings is 2. The topological polar surface area (TPSA) is 70.9 Å². The third-order valence-corrected chi connectivity index (χ3v) is 5.65. The summed E-state index contributed by atoms with van der Waals surface area (Å²) in [6.45, 7) is 0.647. The quantitative estimate of drug-likeness (QED) is 0.336. The molecule has 2 N–H and O–H groups in total. The van der Waals surface area contributed by atoms with E-state index in [0.717, 1.165) is 29.8 Å². The van der Waals surface area contributed by atoms with Gasteiger partial charge in [0.25, 0.3) is 0 Å². The first-order chi connectivity index (χ1) is 14.9. The van der Waals surface area contributed by atoms with E-state index in [1.54, 1.807) is 30.6 Å². The summed E-state index contributed by atoms with van der Waals surface area (Å²) in [5.41, 5.74) is 1.73. The highest BCUT2D eigenvalue weighted by Gasteiger charge is 2.20. The number of rotatable bonds is 5. The van der Waals surface area contributed by atoms with E-state index in [9.17, 15) is 8.78 Å². The van der Waals surface area contributed by atoms with Crippen molar-refractivity contribution in [1.29, 1.82) is 5.41 Å². The largest absolute Gasteiger partial charge is 0.366 e. The lowest BCUT2D eigenvalue weighted by molar-refractivity contribution is 0.00347. The predicted molar refractivity (Wildman–Crippen MR) is 120 cm³/mol. The molecule has 0 aliphatic carbocycles. The van der Waals surface area contributed by atoms with Crippen LogP contribution in [0.25, 0.3) is 16.6 Å². The van der Waals surface area contributed by atoms with Gasteiger partial charge in [-0.25, -0.2) is 13.8 Å². The Morgan fingerprint density at radius 3 is 2.81 bits per heavy atom. The second-order valence-electron chi connectivity index (χ2n) is 7.09. The van der Waals surface area contributed by atoms with Crippen LogP contribution in [0.3, 0.4) is 0 Å². The smallest absolute Gasteiger partial charge is 0.144 e. The van der Waals surface area contributed by atoms with Gasteiger partial charge >= 0.3 is 0 Å². The maximum Gasteiger partial charge on any atom is 0.144 e. The molecular weight excluding hydrogens is 490 g/mol. The summed E-state index contributed by atoms with van der Waals surface area (Å²) < 4.78 is 34.6. The Morgan fingerprint density at radius 2 is 2.03 bits per heavy atom. The molecule has 1 aliphatic rings. The molecule has 160 valence electrons. The molecule has 3 heterocycles. The summed E-state index contributed by atoms with van der Waals surface area (Å²) in [7, 11) is 0. The summed E-state index contributed by atoms with van der Waals surface area (Å²) in [6.07, 6.45) is 5.88. The van der Waals surface area contributed by atoms with Crippen molar-refractivity contribution in [2.45, 2.75) is 25.5 Å². The fourth-order valence-corrected chi connectivity index (χ4v) is 3.80. The molecule has 9 heteroatoms. The number of hydrogen-bond acceptors (Lipinski definition) is 5. The van der Waals surface area contributed by atoms with Crippen molar-refractivity contribution in [2.75, 3.05) is 6.61 Å². The molecule has 0 amide bonds. The Morgan fingerprint density at radius 1 is 1.19 bits per heavy atom. The van der Waals surface area contributed by atoms with E-state index in [1.807, 2.05) is 0 Å². The lowest BCUT2D eigenvalue weighted by atomic mass is 9.99. The molecule has 1 atom stereocenters. The second-order valence-corrected chi connectivity index (χ2v) is 8.41. The van der Waals surface area contributed by atoms with Crippen LogP contribution in [0.4, 0.5) is 8.78 Å². The summed E-state index contributed by atoms with van der Waals surface area (Å²) in [5.74, 6) is -1.76. The fraction of sp³-hybridized carbons (Fsp3) is 0.227. The number of benzene rings is 1. The monoisotopic (exact) mass is 506 g/mol. The number of aromatic nitrogens is 2. The maximum absolute atomic E-state index is 14.5. The van der Waals surface area contributed by atoms with E-state index in [1.165, 1.54) is 0 Å². The number of halogens is 4. The summed E-state index contributed by atoms with van der Waals surface area (Å²) in [6, 6.07) is 7.07. The molecule has 1 fully saturated rings. The zero-order valence-corrected chi connectivity index (χ0v) is 18.6. The van der Waals surface area contributed by atoms with E-state index < -0.39 is 11.6 Å². The molecule has 0 saturated carbocycles. The molecular formula is C22H18BrClF2N4O. The van der Waals surface area contributed by atoms with Gasteiger partial charge in [-0.05, 0) is 59.5 Å². The van der Waals surface area contributed by atoms with Gasteiger partial charge in [-0.1, -0.05) is 11.6 Å². The molecule has 1 aromatic carbocycles. The summed E-state index contributed by atoms with van der Waals surface area (Å²) in [5, 5.41) is 11.6. The predicted octanol–water partition coefficient (Wildman–Crippen LogP) is 5.85. The fourth-order valence-electron chi connectivity index (χ4n) is 3.31. The first kappa shape index (κ1) is 21.8. The minimum Gasteiger partial charge on any atom is -0.366 e. The minimum absolute atomic E-state index is 0.127. The summed E-state index contributed by atoms with van der Waals surface area (Å²) in [4.78, 5) is 8.91. The van der Waals surface area contributed by atoms with Crippen LogP contribution in [0.5, 0.6) is 0 Å². The lowest BCUT2D eigenvalue weighted by Gasteiger charge is -2.23. The Hall–Kier alpha value is -2.42. The van der Waals surface area contributed by atoms with Gasteiger partial charge in [-0.2, -0.15) is 0 Å². The third kappa shape index (κ3) is 4.92. The molecule has 0 spiro atoms. The van der Waals surface area contributed by atoms with Crippen LogP contribution in [-0.2, 0) is 4.74 Å². The first-order valence-corrected chi connectivity index (χ1v) is 10.8. The third-order valence-electron chi connectivity index (χ3n) is 4.92. The van der Waals surface area contributed by atoms with Crippen LogP contribution in [-0.4, -0.2) is 28.5 Å². The standard InChI is InChI=1S/C22H18BrClF2N4O/c23-12-7-20-19(28-10-12)5-4-18(30-20)14(11-29-21-3-1-2-6-31-21)22(27)13-8-15(24)17(26)9-16(13)25/h4-5,7-11,21,27,29H,1-3,6H2/b14-11-,27-22?. The first-order valence-electron chi connectivity index (χ1n) is 9.67. The zero-order valence-electron chi connectivity index (χ0n) is 16.3. The molecule has 1 saturated heterocycles. The van der Waals surface area contributed by atoms with Gasteiger partial charge in [0.1, 0.15) is 17.9 Å². The highest BCUT2D eigenvalue weighted by atomic mass is 79.9. The molecule has 3 aromatic rings. The SMILES string of the molecule is N=C(/C(=C\NC1CCCCO1)c1ccc2ncc(Br)cc2n1)c1cc(Cl)c(F)cc1F. The van der Waals surface area contributed by atoms with Crippen LogP contribution in [0.2, 0.25) is 5.02 Å². The van der Waals surface area contributed by atoms with Gasteiger partial charge in [0, 0.05) is 40.7 Å². The normalized spacial score (nSPS) is 17.0. The van der Waals surface area contributed by atoms with Crippen LogP contribution >= 0.6 is 27.5 Å². The maximum atomic E-state index is 14.5. The van der Waals surface area contributed by atoms with Gasteiger partial charge in [0.15, 0.2) is 0 Å². The van der Waals surface area contributed by atoms with Crippen molar-refractivity contribution < 1.29 is 13.5 Å². The number of fused-ring (bicyclic) bond motifs is 1. The van der Waals surface area contributed by atoms with Gasteiger partial charge in [0.05, 0.1) is 27.5 Å². The Bertz CT molecular complexity index is 1180. The van der Waals surface area contributed by atoms with Gasteiger partial charge < -0.3 is 10.1 Å². The van der Waals surface area contributed by atoms with Crippen molar-refractivity contribution >= 4 is 49.8 Å². The van der Waals surface area contributed by atoms with Crippen molar-refractivity contribution in [3.63, 3.8) is 0 Å². The Labute approximate surface area is 191 Å². The second kappa shape index (κ2) is 9.38. The average Bonchev–Trinajstić information content (AvgIpc) is 2.76. The highest BCUT2D eigenvalue weighted by molar-refractivity contribution is 9.10. The molecule has 0 radical (unpaired) electrons. The van der Waals surface area contributed by atoms with Crippen molar-refractivity contribution in [1.82, 2.24) is 15.3 Å². The molecule has 4 rings (SSSR count). The molecule has 0 bridgehead atoms. The van der Waals surface area contributed by atoms with E-state index in [4.69, 9.17) is 21.7 Å². The highest BCUT2D eigenvalue weighted by Crippen LogP contribution is 2.26. The zero-order chi connectivity index (χ0) is 22.0. The van der Waals surface area contributed by atoms with E-state index in [0.29, 0.717) is 35.0 Å². The van der Waals surface area contributed by atoms with E-state index >= 15 is 0 Å². The van der Waals surface area contributed by atoms with Gasteiger partial charge in [0.2, 0.25) is 0 Å². The lowest BCUT2D eigenvalue weighted by Crippen LogP contribution is -2.31. The number of hydrogen-bond donors (Lipinski definition) is 2. The van der Waals surface area contributed by atoms with Crippen LogP contribution in [0.1, 0.15) is 30.5 Å². The van der Waals surface area contributed by atoms with Gasteiger partial charge in [-0.3, -0.25) is 10.4 Å². The van der Waals surface area contributed by atoms with Crippen molar-refractivity contribution in [3.8, 4) is 0 Å². The number of ether oxygens (including phenoxy) is 1. The molecule has 1 unspecified atom stereocenters.